The van der Waals surface area contributed by atoms with Gasteiger partial charge < -0.3 is 30.4 Å². The molecule has 3 heterocycles. The molecule has 0 amide bonds. The number of anilines is 1. The van der Waals surface area contributed by atoms with Crippen molar-refractivity contribution in [3.05, 3.63) is 18.1 Å². The minimum absolute atomic E-state index is 0.142. The second-order valence-electron chi connectivity index (χ2n) is 5.47. The Morgan fingerprint density at radius 1 is 1.43 bits per heavy atom. The Morgan fingerprint density at radius 2 is 2.17 bits per heavy atom. The molecule has 1 saturated heterocycles. The number of hydrogen-bond donors (Lipinski definition) is 4. The molecule has 1 aliphatic rings. The van der Waals surface area contributed by atoms with Gasteiger partial charge in [0, 0.05) is 6.20 Å². The predicted molar refractivity (Wildman–Crippen MR) is 78.9 cm³/mol. The maximum Gasteiger partial charge on any atom is 0.164 e. The number of aliphatic hydroxyl groups excluding tert-OH is 3. The largest absolute Gasteiger partial charge is 0.390 e. The Hall–Kier alpha value is -2.25. The van der Waals surface area contributed by atoms with E-state index in [1.807, 2.05) is 6.07 Å². The van der Waals surface area contributed by atoms with E-state index >= 15 is 0 Å². The third-order valence-electron chi connectivity index (χ3n) is 4.11. The van der Waals surface area contributed by atoms with E-state index in [-0.39, 0.29) is 11.4 Å². The fourth-order valence-electron chi connectivity index (χ4n) is 2.85. The van der Waals surface area contributed by atoms with Gasteiger partial charge in [0.05, 0.1) is 17.1 Å². The fraction of sp³-hybridized carbons (Fsp3) is 0.500. The maximum atomic E-state index is 10.3. The van der Waals surface area contributed by atoms with Gasteiger partial charge in [0.1, 0.15) is 42.2 Å². The van der Waals surface area contributed by atoms with Gasteiger partial charge in [-0.3, -0.25) is 0 Å². The van der Waals surface area contributed by atoms with Crippen molar-refractivity contribution in [3.8, 4) is 6.07 Å². The zero-order valence-electron chi connectivity index (χ0n) is 12.4. The van der Waals surface area contributed by atoms with Crippen molar-refractivity contribution < 1.29 is 20.1 Å². The summed E-state index contributed by atoms with van der Waals surface area (Å²) < 4.78 is 7.07. The molecule has 1 aliphatic heterocycles. The van der Waals surface area contributed by atoms with Crippen molar-refractivity contribution in [2.75, 3.05) is 5.73 Å². The summed E-state index contributed by atoms with van der Waals surface area (Å²) in [6.07, 6.45) is -2.32. The van der Waals surface area contributed by atoms with E-state index in [0.717, 1.165) is 0 Å². The standard InChI is InChI=1S/C14H17N5O4/c1-2-7(20)11-9(21)10(22)14(23-11)19-4-6(3-15)8-12(16)17-5-18-13(8)19/h4-5,7,9-11,14,20-22H,2H2,1H3,(H2,16,17,18)/t7-,9+,10-,11-,14+/m1/s1. The Balaban J connectivity index is 2.08. The van der Waals surface area contributed by atoms with E-state index in [0.29, 0.717) is 17.5 Å². The van der Waals surface area contributed by atoms with Crippen molar-refractivity contribution in [1.82, 2.24) is 14.5 Å². The highest BCUT2D eigenvalue weighted by molar-refractivity contribution is 5.91. The van der Waals surface area contributed by atoms with Gasteiger partial charge in [-0.15, -0.1) is 0 Å². The first-order chi connectivity index (χ1) is 11.0. The lowest BCUT2D eigenvalue weighted by molar-refractivity contribution is -0.0839. The van der Waals surface area contributed by atoms with Crippen LogP contribution in [-0.4, -0.2) is 54.3 Å². The summed E-state index contributed by atoms with van der Waals surface area (Å²) in [7, 11) is 0. The molecule has 122 valence electrons. The summed E-state index contributed by atoms with van der Waals surface area (Å²) >= 11 is 0. The highest BCUT2D eigenvalue weighted by Crippen LogP contribution is 2.35. The molecule has 0 aromatic carbocycles. The molecule has 3 rings (SSSR count). The summed E-state index contributed by atoms with van der Waals surface area (Å²) in [6.45, 7) is 1.74. The molecule has 0 spiro atoms. The molecular formula is C14H17N5O4. The molecule has 9 heteroatoms. The van der Waals surface area contributed by atoms with E-state index in [1.54, 1.807) is 6.92 Å². The molecule has 2 aromatic rings. The normalized spacial score (nSPS) is 28.8. The topological polar surface area (TPSA) is 150 Å². The van der Waals surface area contributed by atoms with Crippen LogP contribution in [0.15, 0.2) is 12.5 Å². The first-order valence-electron chi connectivity index (χ1n) is 7.20. The average molecular weight is 319 g/mol. The number of nitrogens with zero attached hydrogens (tertiary/aromatic N) is 4. The molecule has 2 aromatic heterocycles. The summed E-state index contributed by atoms with van der Waals surface area (Å²) in [5.41, 5.74) is 6.35. The van der Waals surface area contributed by atoms with E-state index < -0.39 is 30.6 Å². The number of fused-ring (bicyclic) bond motifs is 1. The third kappa shape index (κ3) is 2.32. The van der Waals surface area contributed by atoms with Crippen LogP contribution in [0.25, 0.3) is 11.0 Å². The number of aliphatic hydroxyl groups is 3. The minimum atomic E-state index is -1.28. The monoisotopic (exact) mass is 319 g/mol. The van der Waals surface area contributed by atoms with Crippen LogP contribution in [0, 0.1) is 11.3 Å². The van der Waals surface area contributed by atoms with E-state index in [9.17, 15) is 20.6 Å². The van der Waals surface area contributed by atoms with Crippen LogP contribution in [0.1, 0.15) is 25.1 Å². The van der Waals surface area contributed by atoms with Crippen LogP contribution in [0.5, 0.6) is 0 Å². The summed E-state index contributed by atoms with van der Waals surface area (Å²) in [5, 5.41) is 39.9. The second-order valence-corrected chi connectivity index (χ2v) is 5.47. The van der Waals surface area contributed by atoms with Gasteiger partial charge in [-0.05, 0) is 6.42 Å². The molecule has 5 atom stereocenters. The molecule has 0 aliphatic carbocycles. The number of rotatable bonds is 3. The van der Waals surface area contributed by atoms with Crippen molar-refractivity contribution in [2.45, 2.75) is 44.0 Å². The lowest BCUT2D eigenvalue weighted by atomic mass is 10.0. The lowest BCUT2D eigenvalue weighted by Crippen LogP contribution is -2.38. The summed E-state index contributed by atoms with van der Waals surface area (Å²) in [4.78, 5) is 7.95. The van der Waals surface area contributed by atoms with Gasteiger partial charge in [0.25, 0.3) is 0 Å². The van der Waals surface area contributed by atoms with Crippen molar-refractivity contribution in [2.24, 2.45) is 0 Å². The summed E-state index contributed by atoms with van der Waals surface area (Å²) in [5.74, 6) is 0.142. The lowest BCUT2D eigenvalue weighted by Gasteiger charge is -2.19. The van der Waals surface area contributed by atoms with Gasteiger partial charge in [0.15, 0.2) is 6.23 Å². The molecule has 0 radical (unpaired) electrons. The van der Waals surface area contributed by atoms with E-state index in [1.165, 1.54) is 17.1 Å². The number of aromatic nitrogens is 3. The summed E-state index contributed by atoms with van der Waals surface area (Å²) in [6, 6.07) is 2.00. The quantitative estimate of drug-likeness (QED) is 0.578. The zero-order valence-corrected chi connectivity index (χ0v) is 12.4. The van der Waals surface area contributed by atoms with E-state index in [4.69, 9.17) is 10.5 Å². The van der Waals surface area contributed by atoms with Gasteiger partial charge >= 0.3 is 0 Å². The Bertz CT molecular complexity index is 770. The minimum Gasteiger partial charge on any atom is -0.390 e. The Labute approximate surface area is 131 Å². The first kappa shape index (κ1) is 15.6. The SMILES string of the molecule is CC[C@@H](O)[C@H]1O[C@H](n2cc(C#N)c3c(N)ncnc32)[C@H](O)[C@@H]1O. The second kappa shape index (κ2) is 5.75. The van der Waals surface area contributed by atoms with Crippen LogP contribution in [0.3, 0.4) is 0 Å². The van der Waals surface area contributed by atoms with E-state index in [2.05, 4.69) is 9.97 Å². The number of nitrogens with two attached hydrogens (primary N) is 1. The van der Waals surface area contributed by atoms with Gasteiger partial charge in [-0.1, -0.05) is 6.92 Å². The molecule has 0 bridgehead atoms. The first-order valence-corrected chi connectivity index (χ1v) is 7.20. The highest BCUT2D eigenvalue weighted by atomic mass is 16.6. The molecule has 0 saturated carbocycles. The van der Waals surface area contributed by atoms with Gasteiger partial charge in [0.2, 0.25) is 0 Å². The van der Waals surface area contributed by atoms with Gasteiger partial charge in [-0.25, -0.2) is 9.97 Å². The Kier molecular flexibility index (Phi) is 3.91. The predicted octanol–water partition coefficient (Wildman–Crippen LogP) is -0.725. The number of nitrogen functional groups attached to an aromatic ring is 1. The van der Waals surface area contributed by atoms with Crippen LogP contribution < -0.4 is 5.73 Å². The molecule has 5 N–H and O–H groups in total. The smallest absolute Gasteiger partial charge is 0.164 e. The molecule has 9 nitrogen and oxygen atoms in total. The van der Waals surface area contributed by atoms with Crippen LogP contribution in [-0.2, 0) is 4.74 Å². The number of nitriles is 1. The molecule has 1 fully saturated rings. The Morgan fingerprint density at radius 3 is 2.83 bits per heavy atom. The highest BCUT2D eigenvalue weighted by Gasteiger charge is 2.46. The van der Waals surface area contributed by atoms with Crippen LogP contribution in [0.2, 0.25) is 0 Å². The zero-order chi connectivity index (χ0) is 16.7. The molecule has 23 heavy (non-hydrogen) atoms. The van der Waals surface area contributed by atoms with Crippen molar-refractivity contribution >= 4 is 16.9 Å². The van der Waals surface area contributed by atoms with Crippen molar-refractivity contribution in [1.29, 1.82) is 5.26 Å². The molecular weight excluding hydrogens is 302 g/mol. The van der Waals surface area contributed by atoms with Gasteiger partial charge in [-0.2, -0.15) is 5.26 Å². The average Bonchev–Trinajstić information content (AvgIpc) is 3.07. The third-order valence-corrected chi connectivity index (χ3v) is 4.11. The van der Waals surface area contributed by atoms with Crippen LogP contribution in [0.4, 0.5) is 5.82 Å². The maximum absolute atomic E-state index is 10.3. The fourth-order valence-corrected chi connectivity index (χ4v) is 2.85. The number of ether oxygens (including phenoxy) is 1. The van der Waals surface area contributed by atoms with Crippen molar-refractivity contribution in [3.63, 3.8) is 0 Å². The van der Waals surface area contributed by atoms with Crippen LogP contribution >= 0.6 is 0 Å². The molecule has 0 unspecified atom stereocenters. The number of hydrogen-bond acceptors (Lipinski definition) is 8.